The Hall–Kier alpha value is -0.470. The zero-order valence-corrected chi connectivity index (χ0v) is 14.6. The Bertz CT molecular complexity index is 651. The highest BCUT2D eigenvalue weighted by molar-refractivity contribution is 7.89. The van der Waals surface area contributed by atoms with Gasteiger partial charge in [0.1, 0.15) is 4.90 Å². The van der Waals surface area contributed by atoms with Crippen molar-refractivity contribution < 1.29 is 12.8 Å². The molecule has 21 heavy (non-hydrogen) atoms. The van der Waals surface area contributed by atoms with Gasteiger partial charge in [-0.25, -0.2) is 12.8 Å². The number of hydrogen-bond donors (Lipinski definition) is 1. The fraction of sp³-hybridized carbons (Fsp3) is 0.417. The summed E-state index contributed by atoms with van der Waals surface area (Å²) >= 11 is 16.1. The van der Waals surface area contributed by atoms with Crippen LogP contribution in [0.5, 0.6) is 0 Å². The predicted octanol–water partition coefficient (Wildman–Crippen LogP) is 3.21. The van der Waals surface area contributed by atoms with Gasteiger partial charge in [-0.1, -0.05) is 35.4 Å². The molecule has 0 saturated heterocycles. The molecule has 0 aliphatic heterocycles. The van der Waals surface area contributed by atoms with Crippen LogP contribution in [-0.4, -0.2) is 30.3 Å². The van der Waals surface area contributed by atoms with Gasteiger partial charge in [0.25, 0.3) is 0 Å². The van der Waals surface area contributed by atoms with E-state index in [1.165, 1.54) is 10.4 Å². The average molecular weight is 373 g/mol. The number of hydrogen-bond acceptors (Lipinski definition) is 3. The molecule has 0 amide bonds. The van der Waals surface area contributed by atoms with E-state index in [0.717, 1.165) is 6.07 Å². The van der Waals surface area contributed by atoms with Gasteiger partial charge in [0.15, 0.2) is 5.82 Å². The monoisotopic (exact) mass is 372 g/mol. The van der Waals surface area contributed by atoms with Crippen LogP contribution in [0.15, 0.2) is 17.0 Å². The average Bonchev–Trinajstić information content (AvgIpc) is 2.34. The van der Waals surface area contributed by atoms with Crippen molar-refractivity contribution in [3.8, 4) is 0 Å². The third kappa shape index (κ3) is 4.26. The van der Waals surface area contributed by atoms with Crippen LogP contribution < -0.4 is 5.73 Å². The minimum absolute atomic E-state index is 0.0932. The standard InChI is InChI=1S/C12H15Cl2FN2O2S2/c1-7(2)17(6-5-10(16)20)21(18,19)9-4-3-8(13)12(15)11(9)14/h3-4,7H,5-6H2,1-2H3,(H2,16,20). The van der Waals surface area contributed by atoms with E-state index >= 15 is 0 Å². The number of sulfonamides is 1. The summed E-state index contributed by atoms with van der Waals surface area (Å²) < 4.78 is 40.1. The fourth-order valence-corrected chi connectivity index (χ4v) is 4.16. The summed E-state index contributed by atoms with van der Waals surface area (Å²) in [6.45, 7) is 3.48. The van der Waals surface area contributed by atoms with Crippen LogP contribution in [0, 0.1) is 5.82 Å². The predicted molar refractivity (Wildman–Crippen MR) is 86.9 cm³/mol. The molecule has 0 radical (unpaired) electrons. The van der Waals surface area contributed by atoms with Crippen molar-refractivity contribution in [2.75, 3.05) is 6.54 Å². The highest BCUT2D eigenvalue weighted by Crippen LogP contribution is 2.31. The van der Waals surface area contributed by atoms with Gasteiger partial charge in [-0.3, -0.25) is 0 Å². The van der Waals surface area contributed by atoms with Crippen LogP contribution in [0.4, 0.5) is 4.39 Å². The lowest BCUT2D eigenvalue weighted by Crippen LogP contribution is -2.39. The van der Waals surface area contributed by atoms with E-state index in [1.54, 1.807) is 13.8 Å². The molecule has 0 aliphatic rings. The topological polar surface area (TPSA) is 63.4 Å². The molecule has 0 spiro atoms. The zero-order valence-electron chi connectivity index (χ0n) is 11.4. The Morgan fingerprint density at radius 3 is 2.48 bits per heavy atom. The minimum atomic E-state index is -3.98. The highest BCUT2D eigenvalue weighted by Gasteiger charge is 2.30. The van der Waals surface area contributed by atoms with E-state index in [4.69, 9.17) is 41.2 Å². The summed E-state index contributed by atoms with van der Waals surface area (Å²) in [6, 6.07) is 1.97. The van der Waals surface area contributed by atoms with E-state index in [0.29, 0.717) is 0 Å². The lowest BCUT2D eigenvalue weighted by Gasteiger charge is -2.26. The summed E-state index contributed by atoms with van der Waals surface area (Å²) in [5.74, 6) is -0.961. The summed E-state index contributed by atoms with van der Waals surface area (Å²) in [5, 5.41) is -0.762. The maximum absolute atomic E-state index is 13.7. The van der Waals surface area contributed by atoms with Crippen molar-refractivity contribution in [1.82, 2.24) is 4.31 Å². The van der Waals surface area contributed by atoms with Crippen molar-refractivity contribution in [2.45, 2.75) is 31.2 Å². The van der Waals surface area contributed by atoms with E-state index < -0.39 is 20.9 Å². The van der Waals surface area contributed by atoms with Gasteiger partial charge in [0, 0.05) is 19.0 Å². The van der Waals surface area contributed by atoms with Crippen molar-refractivity contribution in [3.63, 3.8) is 0 Å². The third-order valence-electron chi connectivity index (χ3n) is 2.74. The number of thiocarbonyl (C=S) groups is 1. The lowest BCUT2D eigenvalue weighted by atomic mass is 10.3. The van der Waals surface area contributed by atoms with E-state index in [-0.39, 0.29) is 33.9 Å². The third-order valence-corrected chi connectivity index (χ3v) is 5.84. The Morgan fingerprint density at radius 2 is 2.00 bits per heavy atom. The molecule has 4 nitrogen and oxygen atoms in total. The molecule has 0 atom stereocenters. The maximum atomic E-state index is 13.7. The largest absolute Gasteiger partial charge is 0.393 e. The van der Waals surface area contributed by atoms with Crippen molar-refractivity contribution in [1.29, 1.82) is 0 Å². The van der Waals surface area contributed by atoms with Crippen LogP contribution in [0.25, 0.3) is 0 Å². The lowest BCUT2D eigenvalue weighted by molar-refractivity contribution is 0.362. The first-order valence-corrected chi connectivity index (χ1v) is 8.63. The Labute approximate surface area is 139 Å². The molecule has 2 N–H and O–H groups in total. The summed E-state index contributed by atoms with van der Waals surface area (Å²) in [4.78, 5) is -0.132. The summed E-state index contributed by atoms with van der Waals surface area (Å²) in [7, 11) is -3.98. The second kappa shape index (κ2) is 7.19. The van der Waals surface area contributed by atoms with Gasteiger partial charge in [0.2, 0.25) is 10.0 Å². The number of halogens is 3. The summed E-state index contributed by atoms with van der Waals surface area (Å²) in [6.07, 6.45) is 0.223. The van der Waals surface area contributed by atoms with Crippen LogP contribution in [0.1, 0.15) is 20.3 Å². The Kier molecular flexibility index (Phi) is 6.36. The number of nitrogens with two attached hydrogens (primary N) is 1. The molecule has 118 valence electrons. The normalized spacial score (nSPS) is 12.1. The van der Waals surface area contributed by atoms with Crippen LogP contribution in [-0.2, 0) is 10.0 Å². The second-order valence-electron chi connectivity index (χ2n) is 4.60. The van der Waals surface area contributed by atoms with Gasteiger partial charge in [-0.15, -0.1) is 0 Å². The van der Waals surface area contributed by atoms with E-state index in [9.17, 15) is 12.8 Å². The second-order valence-corrected chi connectivity index (χ2v) is 7.77. The molecular weight excluding hydrogens is 358 g/mol. The van der Waals surface area contributed by atoms with Gasteiger partial charge in [-0.05, 0) is 26.0 Å². The Balaban J connectivity index is 3.30. The Morgan fingerprint density at radius 1 is 1.43 bits per heavy atom. The van der Waals surface area contributed by atoms with Gasteiger partial charge in [-0.2, -0.15) is 4.31 Å². The smallest absolute Gasteiger partial charge is 0.244 e. The molecule has 0 fully saturated rings. The molecule has 9 heteroatoms. The molecule has 0 heterocycles. The summed E-state index contributed by atoms with van der Waals surface area (Å²) in [5.41, 5.74) is 5.40. The first kappa shape index (κ1) is 18.6. The molecule has 0 unspecified atom stereocenters. The van der Waals surface area contributed by atoms with Crippen molar-refractivity contribution in [3.05, 3.63) is 28.0 Å². The first-order valence-electron chi connectivity index (χ1n) is 6.02. The van der Waals surface area contributed by atoms with Crippen LogP contribution in [0.3, 0.4) is 0 Å². The minimum Gasteiger partial charge on any atom is -0.393 e. The molecule has 1 aromatic carbocycles. The SMILES string of the molecule is CC(C)N(CCC(N)=S)S(=O)(=O)c1ccc(Cl)c(F)c1Cl. The molecule has 0 bridgehead atoms. The van der Waals surface area contributed by atoms with Gasteiger partial charge >= 0.3 is 0 Å². The molecule has 1 rings (SSSR count). The molecule has 1 aromatic rings. The maximum Gasteiger partial charge on any atom is 0.244 e. The zero-order chi connectivity index (χ0) is 16.4. The fourth-order valence-electron chi connectivity index (χ4n) is 1.71. The molecular formula is C12H15Cl2FN2O2S2. The van der Waals surface area contributed by atoms with Crippen molar-refractivity contribution >= 4 is 50.4 Å². The van der Waals surface area contributed by atoms with Crippen molar-refractivity contribution in [2.24, 2.45) is 5.73 Å². The van der Waals surface area contributed by atoms with E-state index in [2.05, 4.69) is 0 Å². The number of benzene rings is 1. The van der Waals surface area contributed by atoms with Crippen LogP contribution >= 0.6 is 35.4 Å². The molecule has 0 saturated carbocycles. The first-order chi connectivity index (χ1) is 9.59. The van der Waals surface area contributed by atoms with Crippen LogP contribution in [0.2, 0.25) is 10.0 Å². The van der Waals surface area contributed by atoms with E-state index in [1.807, 2.05) is 0 Å². The number of nitrogens with zero attached hydrogens (tertiary/aromatic N) is 1. The molecule has 0 aliphatic carbocycles. The highest BCUT2D eigenvalue weighted by atomic mass is 35.5. The van der Waals surface area contributed by atoms with Gasteiger partial charge < -0.3 is 5.73 Å². The quantitative estimate of drug-likeness (QED) is 0.614. The van der Waals surface area contributed by atoms with Gasteiger partial charge in [0.05, 0.1) is 15.0 Å². The number of rotatable bonds is 6. The molecule has 0 aromatic heterocycles.